The van der Waals surface area contributed by atoms with Crippen LogP contribution in [0.4, 0.5) is 17.6 Å². The number of hydrogen-bond acceptors (Lipinski definition) is 7. The Morgan fingerprint density at radius 2 is 1.83 bits per heavy atom. The van der Waals surface area contributed by atoms with Gasteiger partial charge >= 0.3 is 0 Å². The van der Waals surface area contributed by atoms with Crippen molar-refractivity contribution in [1.29, 1.82) is 0 Å². The Kier molecular flexibility index (Phi) is 4.68. The molecule has 7 nitrogen and oxygen atoms in total. The molecule has 23 heavy (non-hydrogen) atoms. The zero-order valence-corrected chi connectivity index (χ0v) is 13.7. The fourth-order valence-corrected chi connectivity index (χ4v) is 2.60. The van der Waals surface area contributed by atoms with Crippen molar-refractivity contribution in [2.24, 2.45) is 0 Å². The van der Waals surface area contributed by atoms with Crippen LogP contribution in [0, 0.1) is 6.92 Å². The van der Waals surface area contributed by atoms with E-state index in [1.807, 2.05) is 31.2 Å². The summed E-state index contributed by atoms with van der Waals surface area (Å²) in [5.41, 5.74) is 7.96. The summed E-state index contributed by atoms with van der Waals surface area (Å²) in [5.74, 6) is 1.45. The molecule has 0 bridgehead atoms. The second-order valence-electron chi connectivity index (χ2n) is 5.95. The van der Waals surface area contributed by atoms with Crippen LogP contribution >= 0.6 is 0 Å². The van der Waals surface area contributed by atoms with Crippen molar-refractivity contribution in [2.45, 2.75) is 13.5 Å². The van der Waals surface area contributed by atoms with Crippen molar-refractivity contribution in [3.8, 4) is 0 Å². The summed E-state index contributed by atoms with van der Waals surface area (Å²) in [7, 11) is 2.14. The van der Waals surface area contributed by atoms with E-state index in [-0.39, 0.29) is 5.95 Å². The summed E-state index contributed by atoms with van der Waals surface area (Å²) >= 11 is 0. The molecular formula is C16H23N7. The van der Waals surface area contributed by atoms with Gasteiger partial charge in [0.15, 0.2) is 0 Å². The molecule has 0 unspecified atom stereocenters. The number of anilines is 3. The minimum absolute atomic E-state index is 0.250. The number of nitrogens with zero attached hydrogens (tertiary/aromatic N) is 5. The van der Waals surface area contributed by atoms with Crippen molar-refractivity contribution >= 4 is 17.6 Å². The van der Waals surface area contributed by atoms with Crippen molar-refractivity contribution < 1.29 is 0 Å². The highest BCUT2D eigenvalue weighted by Crippen LogP contribution is 2.18. The molecule has 1 saturated heterocycles. The van der Waals surface area contributed by atoms with E-state index in [4.69, 9.17) is 5.73 Å². The number of para-hydroxylation sites is 1. The van der Waals surface area contributed by atoms with Crippen LogP contribution in [0.2, 0.25) is 0 Å². The number of aromatic nitrogens is 3. The van der Waals surface area contributed by atoms with Crippen molar-refractivity contribution in [3.63, 3.8) is 0 Å². The van der Waals surface area contributed by atoms with Gasteiger partial charge in [-0.1, -0.05) is 18.2 Å². The average molecular weight is 313 g/mol. The highest BCUT2D eigenvalue weighted by atomic mass is 15.3. The lowest BCUT2D eigenvalue weighted by atomic mass is 10.2. The van der Waals surface area contributed by atoms with E-state index >= 15 is 0 Å². The standard InChI is InChI=1S/C16H23N7/c1-12-5-3-4-6-13(12)18-16-20-14(19-15(17)21-16)11-23-9-7-22(2)8-10-23/h3-6H,7-11H2,1-2H3,(H3,17,18,19,20,21). The average Bonchev–Trinajstić information content (AvgIpc) is 2.51. The molecule has 1 aliphatic rings. The van der Waals surface area contributed by atoms with Gasteiger partial charge in [-0.15, -0.1) is 0 Å². The van der Waals surface area contributed by atoms with Crippen LogP contribution in [0.1, 0.15) is 11.4 Å². The van der Waals surface area contributed by atoms with E-state index in [9.17, 15) is 0 Å². The second kappa shape index (κ2) is 6.89. The van der Waals surface area contributed by atoms with Crippen LogP contribution < -0.4 is 11.1 Å². The number of nitrogens with one attached hydrogen (secondary N) is 1. The summed E-state index contributed by atoms with van der Waals surface area (Å²) < 4.78 is 0. The van der Waals surface area contributed by atoms with Crippen LogP contribution in [0.3, 0.4) is 0 Å². The summed E-state index contributed by atoms with van der Waals surface area (Å²) in [6.45, 7) is 6.90. The van der Waals surface area contributed by atoms with Crippen LogP contribution in [0.25, 0.3) is 0 Å². The minimum Gasteiger partial charge on any atom is -0.368 e. The molecule has 2 aromatic rings. The second-order valence-corrected chi connectivity index (χ2v) is 5.95. The number of nitrogens with two attached hydrogens (primary N) is 1. The molecule has 7 heteroatoms. The molecule has 3 N–H and O–H groups in total. The highest BCUT2D eigenvalue weighted by Gasteiger charge is 2.16. The molecule has 2 heterocycles. The van der Waals surface area contributed by atoms with Crippen molar-refractivity contribution in [2.75, 3.05) is 44.3 Å². The molecule has 0 saturated carbocycles. The summed E-state index contributed by atoms with van der Waals surface area (Å²) in [6, 6.07) is 8.01. The van der Waals surface area contributed by atoms with Gasteiger partial charge in [0.2, 0.25) is 11.9 Å². The lowest BCUT2D eigenvalue weighted by Crippen LogP contribution is -2.44. The van der Waals surface area contributed by atoms with Crippen LogP contribution in [0.15, 0.2) is 24.3 Å². The minimum atomic E-state index is 0.250. The van der Waals surface area contributed by atoms with Gasteiger partial charge in [-0.05, 0) is 25.6 Å². The largest absolute Gasteiger partial charge is 0.368 e. The number of piperazine rings is 1. The Bertz CT molecular complexity index is 665. The molecule has 1 fully saturated rings. The van der Waals surface area contributed by atoms with E-state index in [0.717, 1.165) is 37.4 Å². The molecule has 0 radical (unpaired) electrons. The number of likely N-dealkylation sites (N-methyl/N-ethyl adjacent to an activating group) is 1. The monoisotopic (exact) mass is 313 g/mol. The predicted molar refractivity (Wildman–Crippen MR) is 91.5 cm³/mol. The van der Waals surface area contributed by atoms with Gasteiger partial charge in [0.05, 0.1) is 6.54 Å². The molecule has 3 rings (SSSR count). The van der Waals surface area contributed by atoms with Crippen molar-refractivity contribution in [3.05, 3.63) is 35.7 Å². The number of hydrogen-bond donors (Lipinski definition) is 2. The summed E-state index contributed by atoms with van der Waals surface area (Å²) in [4.78, 5) is 17.6. The Hall–Kier alpha value is -2.25. The van der Waals surface area contributed by atoms with Gasteiger partial charge in [-0.3, -0.25) is 4.90 Å². The van der Waals surface area contributed by atoms with Crippen LogP contribution in [-0.4, -0.2) is 58.0 Å². The quantitative estimate of drug-likeness (QED) is 0.879. The SMILES string of the molecule is Cc1ccccc1Nc1nc(N)nc(CN2CCN(C)CC2)n1. The Morgan fingerprint density at radius 3 is 2.57 bits per heavy atom. The summed E-state index contributed by atoms with van der Waals surface area (Å²) in [5, 5.41) is 3.23. The maximum Gasteiger partial charge on any atom is 0.232 e. The third kappa shape index (κ3) is 4.14. The van der Waals surface area contributed by atoms with Gasteiger partial charge < -0.3 is 16.0 Å². The molecule has 0 aliphatic carbocycles. The predicted octanol–water partition coefficient (Wildman–Crippen LogP) is 1.25. The maximum atomic E-state index is 5.85. The Balaban J connectivity index is 1.73. The zero-order valence-electron chi connectivity index (χ0n) is 13.7. The first kappa shape index (κ1) is 15.6. The topological polar surface area (TPSA) is 83.2 Å². The molecule has 0 amide bonds. The highest BCUT2D eigenvalue weighted by molar-refractivity contribution is 5.58. The van der Waals surface area contributed by atoms with Crippen LogP contribution in [0.5, 0.6) is 0 Å². The molecule has 1 aromatic heterocycles. The van der Waals surface area contributed by atoms with Crippen LogP contribution in [-0.2, 0) is 6.54 Å². The Morgan fingerprint density at radius 1 is 1.09 bits per heavy atom. The number of rotatable bonds is 4. The third-order valence-corrected chi connectivity index (χ3v) is 4.05. The number of nitrogen functional groups attached to an aromatic ring is 1. The van der Waals surface area contributed by atoms with Gasteiger partial charge in [0.25, 0.3) is 0 Å². The molecule has 0 spiro atoms. The van der Waals surface area contributed by atoms with E-state index in [2.05, 4.69) is 37.1 Å². The van der Waals surface area contributed by atoms with Gasteiger partial charge in [-0.25, -0.2) is 0 Å². The first-order valence-corrected chi connectivity index (χ1v) is 7.84. The Labute approximate surface area is 136 Å². The molecular weight excluding hydrogens is 290 g/mol. The fourth-order valence-electron chi connectivity index (χ4n) is 2.60. The first-order valence-electron chi connectivity index (χ1n) is 7.84. The first-order chi connectivity index (χ1) is 11.1. The van der Waals surface area contributed by atoms with E-state index in [0.29, 0.717) is 18.3 Å². The normalized spacial score (nSPS) is 16.4. The van der Waals surface area contributed by atoms with Crippen molar-refractivity contribution in [1.82, 2.24) is 24.8 Å². The molecule has 122 valence electrons. The fraction of sp³-hybridized carbons (Fsp3) is 0.438. The van der Waals surface area contributed by atoms with E-state index in [1.54, 1.807) is 0 Å². The molecule has 0 atom stereocenters. The van der Waals surface area contributed by atoms with Gasteiger partial charge in [0, 0.05) is 31.9 Å². The maximum absolute atomic E-state index is 5.85. The molecule has 1 aliphatic heterocycles. The van der Waals surface area contributed by atoms with Gasteiger partial charge in [0.1, 0.15) is 5.82 Å². The zero-order chi connectivity index (χ0) is 16.2. The smallest absolute Gasteiger partial charge is 0.232 e. The molecule has 1 aromatic carbocycles. The van der Waals surface area contributed by atoms with E-state index in [1.165, 1.54) is 0 Å². The number of aryl methyl sites for hydroxylation is 1. The lowest BCUT2D eigenvalue weighted by molar-refractivity contribution is 0.145. The number of benzene rings is 1. The van der Waals surface area contributed by atoms with E-state index < -0.39 is 0 Å². The van der Waals surface area contributed by atoms with Gasteiger partial charge in [-0.2, -0.15) is 15.0 Å². The summed E-state index contributed by atoms with van der Waals surface area (Å²) in [6.07, 6.45) is 0. The lowest BCUT2D eigenvalue weighted by Gasteiger charge is -2.31. The third-order valence-electron chi connectivity index (χ3n) is 4.05.